The van der Waals surface area contributed by atoms with Crippen molar-refractivity contribution in [1.29, 1.82) is 0 Å². The quantitative estimate of drug-likeness (QED) is 0.777. The second-order valence-corrected chi connectivity index (χ2v) is 8.21. The summed E-state index contributed by atoms with van der Waals surface area (Å²) in [6.45, 7) is 10.7. The molecule has 2 aliphatic heterocycles. The number of rotatable bonds is 6. The maximum atomic E-state index is 6.35. The van der Waals surface area contributed by atoms with E-state index in [9.17, 15) is 0 Å². The highest BCUT2D eigenvalue weighted by molar-refractivity contribution is 5.27. The minimum Gasteiger partial charge on any atom is -0.497 e. The average Bonchev–Trinajstić information content (AvgIpc) is 2.90. The smallest absolute Gasteiger partial charge is 0.118 e. The Balaban J connectivity index is 1.60. The molecule has 0 N–H and O–H groups in total. The lowest BCUT2D eigenvalue weighted by Gasteiger charge is -2.31. The number of benzene rings is 1. The van der Waals surface area contributed by atoms with E-state index in [0.29, 0.717) is 18.6 Å². The minimum absolute atomic E-state index is 0.147. The van der Waals surface area contributed by atoms with E-state index in [-0.39, 0.29) is 5.60 Å². The van der Waals surface area contributed by atoms with Gasteiger partial charge >= 0.3 is 0 Å². The van der Waals surface area contributed by atoms with E-state index in [4.69, 9.17) is 14.2 Å². The predicted molar refractivity (Wildman–Crippen MR) is 104 cm³/mol. The Morgan fingerprint density at radius 3 is 2.77 bits per heavy atom. The summed E-state index contributed by atoms with van der Waals surface area (Å²) in [5.41, 5.74) is 1.16. The topological polar surface area (TPSA) is 34.2 Å². The summed E-state index contributed by atoms with van der Waals surface area (Å²) in [7, 11) is 3.91. The van der Waals surface area contributed by atoms with E-state index in [1.54, 1.807) is 7.11 Å². The summed E-state index contributed by atoms with van der Waals surface area (Å²) >= 11 is 0. The summed E-state index contributed by atoms with van der Waals surface area (Å²) in [5, 5.41) is 0. The lowest BCUT2D eigenvalue weighted by atomic mass is 9.93. The molecule has 1 spiro atoms. The van der Waals surface area contributed by atoms with Crippen LogP contribution in [0, 0.1) is 5.92 Å². The van der Waals surface area contributed by atoms with Gasteiger partial charge < -0.3 is 19.1 Å². The van der Waals surface area contributed by atoms with Gasteiger partial charge in [0, 0.05) is 32.2 Å². The molecule has 26 heavy (non-hydrogen) atoms. The minimum atomic E-state index is -0.147. The average molecular weight is 363 g/mol. The second-order valence-electron chi connectivity index (χ2n) is 8.21. The highest BCUT2D eigenvalue weighted by Gasteiger charge is 2.43. The fourth-order valence-corrected chi connectivity index (χ4v) is 3.99. The predicted octanol–water partition coefficient (Wildman–Crippen LogP) is 2.64. The normalized spacial score (nSPS) is 27.4. The van der Waals surface area contributed by atoms with Gasteiger partial charge in [0.15, 0.2) is 0 Å². The van der Waals surface area contributed by atoms with Crippen molar-refractivity contribution >= 4 is 0 Å². The molecule has 0 aliphatic carbocycles. The highest BCUT2D eigenvalue weighted by Crippen LogP contribution is 2.33. The molecule has 146 valence electrons. The van der Waals surface area contributed by atoms with Gasteiger partial charge in [-0.15, -0.1) is 0 Å². The van der Waals surface area contributed by atoms with Gasteiger partial charge in [-0.25, -0.2) is 0 Å². The van der Waals surface area contributed by atoms with Crippen LogP contribution in [-0.4, -0.2) is 75.1 Å². The van der Waals surface area contributed by atoms with E-state index in [1.165, 1.54) is 5.56 Å². The molecule has 2 heterocycles. The van der Waals surface area contributed by atoms with Crippen molar-refractivity contribution in [2.75, 3.05) is 53.6 Å². The number of nitrogens with zero attached hydrogens (tertiary/aromatic N) is 2. The molecule has 0 aromatic heterocycles. The summed E-state index contributed by atoms with van der Waals surface area (Å²) in [6, 6.07) is 8.93. The first-order valence-corrected chi connectivity index (χ1v) is 9.77. The Morgan fingerprint density at radius 1 is 1.31 bits per heavy atom. The van der Waals surface area contributed by atoms with Crippen LogP contribution in [0.15, 0.2) is 24.3 Å². The lowest BCUT2D eigenvalue weighted by Crippen LogP contribution is -2.44. The van der Waals surface area contributed by atoms with Crippen molar-refractivity contribution in [3.63, 3.8) is 0 Å². The molecule has 5 nitrogen and oxygen atoms in total. The van der Waals surface area contributed by atoms with Gasteiger partial charge in [-0.05, 0) is 50.9 Å². The molecule has 2 atom stereocenters. The third-order valence-electron chi connectivity index (χ3n) is 5.71. The molecular weight excluding hydrogens is 328 g/mol. The molecule has 0 unspecified atom stereocenters. The maximum Gasteiger partial charge on any atom is 0.118 e. The first kappa shape index (κ1) is 19.6. The van der Waals surface area contributed by atoms with E-state index < -0.39 is 0 Å². The zero-order chi connectivity index (χ0) is 18.6. The van der Waals surface area contributed by atoms with Crippen LogP contribution in [0.2, 0.25) is 0 Å². The van der Waals surface area contributed by atoms with Crippen molar-refractivity contribution in [1.82, 2.24) is 9.80 Å². The highest BCUT2D eigenvalue weighted by atomic mass is 16.5. The summed E-state index contributed by atoms with van der Waals surface area (Å²) in [5.74, 6) is 1.49. The molecular formula is C21H34N2O3. The fraction of sp³-hybridized carbons (Fsp3) is 0.714. The number of methoxy groups -OCH3 is 1. The number of ether oxygens (including phenoxy) is 3. The van der Waals surface area contributed by atoms with Crippen LogP contribution in [0.4, 0.5) is 0 Å². The monoisotopic (exact) mass is 362 g/mol. The Morgan fingerprint density at radius 2 is 2.08 bits per heavy atom. The van der Waals surface area contributed by atoms with Gasteiger partial charge in [-0.1, -0.05) is 12.1 Å². The van der Waals surface area contributed by atoms with Crippen LogP contribution in [0.1, 0.15) is 25.8 Å². The second kappa shape index (κ2) is 8.70. The molecule has 2 aliphatic rings. The van der Waals surface area contributed by atoms with Gasteiger partial charge in [0.2, 0.25) is 0 Å². The van der Waals surface area contributed by atoms with Crippen molar-refractivity contribution in [3.8, 4) is 5.75 Å². The number of hydrogen-bond acceptors (Lipinski definition) is 5. The third kappa shape index (κ3) is 4.97. The summed E-state index contributed by atoms with van der Waals surface area (Å²) in [4.78, 5) is 4.89. The van der Waals surface area contributed by atoms with E-state index in [1.807, 2.05) is 12.1 Å². The van der Waals surface area contributed by atoms with Crippen LogP contribution in [0.3, 0.4) is 0 Å². The number of hydrogen-bond donors (Lipinski definition) is 0. The van der Waals surface area contributed by atoms with Crippen molar-refractivity contribution < 1.29 is 14.2 Å². The standard InChI is InChI=1S/C21H34N2O3/c1-17(2)22(3)12-19-11-21(26-14-19)15-23(9-10-25-16-21)13-18-5-7-20(24-4)8-6-18/h5-8,17,19H,9-16H2,1-4H3/t19-,21-/m0/s1. The molecule has 0 bridgehead atoms. The Kier molecular flexibility index (Phi) is 6.56. The fourth-order valence-electron chi connectivity index (χ4n) is 3.99. The SMILES string of the molecule is COc1ccc(CN2CCOC[C@]3(C[C@@H](CN(C)C(C)C)CO3)C2)cc1. The summed E-state index contributed by atoms with van der Waals surface area (Å²) in [6.07, 6.45) is 1.09. The van der Waals surface area contributed by atoms with E-state index in [2.05, 4.69) is 42.8 Å². The van der Waals surface area contributed by atoms with Crippen molar-refractivity contribution in [2.45, 2.75) is 38.5 Å². The van der Waals surface area contributed by atoms with Crippen LogP contribution in [0.5, 0.6) is 5.75 Å². The largest absolute Gasteiger partial charge is 0.497 e. The molecule has 1 aromatic carbocycles. The van der Waals surface area contributed by atoms with Crippen LogP contribution in [0.25, 0.3) is 0 Å². The van der Waals surface area contributed by atoms with Gasteiger partial charge in [0.25, 0.3) is 0 Å². The molecule has 0 radical (unpaired) electrons. The molecule has 5 heteroatoms. The molecule has 3 rings (SSSR count). The van der Waals surface area contributed by atoms with Crippen LogP contribution >= 0.6 is 0 Å². The van der Waals surface area contributed by atoms with Gasteiger partial charge in [0.1, 0.15) is 11.4 Å². The Hall–Kier alpha value is -1.14. The zero-order valence-corrected chi connectivity index (χ0v) is 16.7. The Labute approximate surface area is 158 Å². The first-order valence-electron chi connectivity index (χ1n) is 9.77. The zero-order valence-electron chi connectivity index (χ0n) is 16.7. The molecule has 1 aromatic rings. The molecule has 0 saturated carbocycles. The summed E-state index contributed by atoms with van der Waals surface area (Å²) < 4.78 is 17.5. The van der Waals surface area contributed by atoms with Gasteiger partial charge in [0.05, 0.1) is 26.9 Å². The first-order chi connectivity index (χ1) is 12.5. The van der Waals surface area contributed by atoms with E-state index >= 15 is 0 Å². The third-order valence-corrected chi connectivity index (χ3v) is 5.71. The van der Waals surface area contributed by atoms with Gasteiger partial charge in [-0.3, -0.25) is 4.90 Å². The van der Waals surface area contributed by atoms with Crippen LogP contribution in [-0.2, 0) is 16.0 Å². The lowest BCUT2D eigenvalue weighted by molar-refractivity contribution is -0.0563. The van der Waals surface area contributed by atoms with Gasteiger partial charge in [-0.2, -0.15) is 0 Å². The maximum absolute atomic E-state index is 6.35. The Bertz CT molecular complexity index is 563. The van der Waals surface area contributed by atoms with Crippen molar-refractivity contribution in [3.05, 3.63) is 29.8 Å². The van der Waals surface area contributed by atoms with Crippen molar-refractivity contribution in [2.24, 2.45) is 5.92 Å². The van der Waals surface area contributed by atoms with Crippen LogP contribution < -0.4 is 4.74 Å². The molecule has 2 saturated heterocycles. The molecule has 2 fully saturated rings. The van der Waals surface area contributed by atoms with E-state index in [0.717, 1.165) is 51.6 Å². The molecule has 0 amide bonds.